The summed E-state index contributed by atoms with van der Waals surface area (Å²) in [6.45, 7) is 1.76. The number of methoxy groups -OCH3 is 1. The molecule has 34 heavy (non-hydrogen) atoms. The van der Waals surface area contributed by atoms with Crippen molar-refractivity contribution in [2.75, 3.05) is 18.2 Å². The summed E-state index contributed by atoms with van der Waals surface area (Å²) < 4.78 is 11.9. The lowest BCUT2D eigenvalue weighted by molar-refractivity contribution is -0.113. The van der Waals surface area contributed by atoms with E-state index in [1.165, 1.54) is 23.1 Å². The van der Waals surface area contributed by atoms with Gasteiger partial charge >= 0.3 is 0 Å². The molecule has 0 saturated carbocycles. The SMILES string of the molecule is COc1ccc(-n2c(SCC(=O)Nc3cc(C)on3)nc3sc4c(c3c2=O)CCCCC4)cc1. The molecule has 0 unspecified atom stereocenters. The molecule has 0 fully saturated rings. The highest BCUT2D eigenvalue weighted by atomic mass is 32.2. The number of ether oxygens (including phenoxy) is 1. The van der Waals surface area contributed by atoms with Crippen LogP contribution < -0.4 is 15.6 Å². The van der Waals surface area contributed by atoms with E-state index in [0.29, 0.717) is 33.6 Å². The van der Waals surface area contributed by atoms with Crippen molar-refractivity contribution in [1.29, 1.82) is 0 Å². The van der Waals surface area contributed by atoms with Gasteiger partial charge in [-0.2, -0.15) is 0 Å². The van der Waals surface area contributed by atoms with Crippen LogP contribution in [-0.2, 0) is 17.6 Å². The average molecular weight is 497 g/mol. The number of thioether (sulfide) groups is 1. The molecule has 0 radical (unpaired) electrons. The maximum Gasteiger partial charge on any atom is 0.267 e. The van der Waals surface area contributed by atoms with Gasteiger partial charge in [0.05, 0.1) is 23.9 Å². The molecule has 176 valence electrons. The number of carbonyl (C=O) groups is 1. The lowest BCUT2D eigenvalue weighted by atomic mass is 10.1. The number of thiophene rings is 1. The van der Waals surface area contributed by atoms with Gasteiger partial charge in [0.15, 0.2) is 11.0 Å². The van der Waals surface area contributed by atoms with E-state index < -0.39 is 0 Å². The number of rotatable bonds is 6. The lowest BCUT2D eigenvalue weighted by Crippen LogP contribution is -2.23. The van der Waals surface area contributed by atoms with Gasteiger partial charge in [0.1, 0.15) is 16.3 Å². The largest absolute Gasteiger partial charge is 0.497 e. The highest BCUT2D eigenvalue weighted by molar-refractivity contribution is 7.99. The van der Waals surface area contributed by atoms with Crippen molar-refractivity contribution < 1.29 is 14.1 Å². The predicted molar refractivity (Wildman–Crippen MR) is 134 cm³/mol. The fourth-order valence-electron chi connectivity index (χ4n) is 4.15. The van der Waals surface area contributed by atoms with E-state index in [1.54, 1.807) is 36.0 Å². The Labute approximate surface area is 204 Å². The van der Waals surface area contributed by atoms with Crippen molar-refractivity contribution in [1.82, 2.24) is 14.7 Å². The number of hydrogen-bond donors (Lipinski definition) is 1. The van der Waals surface area contributed by atoms with Gasteiger partial charge < -0.3 is 14.6 Å². The van der Waals surface area contributed by atoms with Gasteiger partial charge in [0, 0.05) is 10.9 Å². The van der Waals surface area contributed by atoms with Crippen molar-refractivity contribution in [2.24, 2.45) is 0 Å². The fraction of sp³-hybridized carbons (Fsp3) is 0.333. The first kappa shape index (κ1) is 22.7. The molecule has 4 aromatic rings. The van der Waals surface area contributed by atoms with Crippen molar-refractivity contribution in [2.45, 2.75) is 44.2 Å². The van der Waals surface area contributed by atoms with Gasteiger partial charge in [-0.1, -0.05) is 23.3 Å². The second-order valence-corrected chi connectivity index (χ2v) is 10.2. The number of amides is 1. The van der Waals surface area contributed by atoms with Gasteiger partial charge in [-0.05, 0) is 62.4 Å². The number of aryl methyl sites for hydroxylation is 3. The van der Waals surface area contributed by atoms with Crippen molar-refractivity contribution >= 4 is 45.0 Å². The second kappa shape index (κ2) is 9.63. The number of aromatic nitrogens is 3. The van der Waals surface area contributed by atoms with Crippen LogP contribution in [0.25, 0.3) is 15.9 Å². The Balaban J connectivity index is 1.54. The van der Waals surface area contributed by atoms with Crippen LogP contribution in [-0.4, -0.2) is 33.5 Å². The molecule has 1 aliphatic carbocycles. The molecule has 1 aromatic carbocycles. The molecule has 0 bridgehead atoms. The van der Waals surface area contributed by atoms with Crippen LogP contribution in [0.2, 0.25) is 0 Å². The summed E-state index contributed by atoms with van der Waals surface area (Å²) in [5.74, 6) is 1.50. The molecule has 1 N–H and O–H groups in total. The van der Waals surface area contributed by atoms with Crippen LogP contribution in [0.4, 0.5) is 5.82 Å². The van der Waals surface area contributed by atoms with E-state index in [2.05, 4.69) is 10.5 Å². The monoisotopic (exact) mass is 496 g/mol. The van der Waals surface area contributed by atoms with Gasteiger partial charge in [-0.3, -0.25) is 14.2 Å². The number of nitrogens with zero attached hydrogens (tertiary/aromatic N) is 3. The molecular formula is C24H24N4O4S2. The van der Waals surface area contributed by atoms with Gasteiger partial charge in [-0.15, -0.1) is 11.3 Å². The Morgan fingerprint density at radius 1 is 1.24 bits per heavy atom. The number of hydrogen-bond acceptors (Lipinski definition) is 8. The smallest absolute Gasteiger partial charge is 0.267 e. The molecule has 0 spiro atoms. The van der Waals surface area contributed by atoms with Crippen LogP contribution >= 0.6 is 23.1 Å². The van der Waals surface area contributed by atoms with Gasteiger partial charge in [0.25, 0.3) is 5.56 Å². The zero-order valence-electron chi connectivity index (χ0n) is 18.9. The molecule has 5 rings (SSSR count). The third-order valence-corrected chi connectivity index (χ3v) is 7.89. The molecule has 0 aliphatic heterocycles. The van der Waals surface area contributed by atoms with E-state index in [9.17, 15) is 9.59 Å². The molecule has 3 heterocycles. The number of benzene rings is 1. The molecule has 1 aliphatic rings. The first-order valence-corrected chi connectivity index (χ1v) is 12.9. The maximum atomic E-state index is 13.9. The fourth-order valence-corrected chi connectivity index (χ4v) is 6.27. The minimum atomic E-state index is -0.254. The highest BCUT2D eigenvalue weighted by Crippen LogP contribution is 2.34. The standard InChI is InChI=1S/C24H24N4O4S2/c1-14-12-19(27-32-14)25-20(29)13-33-24-26-22-21(17-6-4-3-5-7-18(17)34-22)23(30)28(24)15-8-10-16(31-2)11-9-15/h8-12H,3-7,13H2,1-2H3,(H,25,27,29). The molecule has 8 nitrogen and oxygen atoms in total. The number of fused-ring (bicyclic) bond motifs is 3. The molecule has 1 amide bonds. The maximum absolute atomic E-state index is 13.9. The predicted octanol–water partition coefficient (Wildman–Crippen LogP) is 4.75. The van der Waals surface area contributed by atoms with Crippen molar-refractivity contribution in [3.8, 4) is 11.4 Å². The van der Waals surface area contributed by atoms with Crippen LogP contribution in [0, 0.1) is 6.92 Å². The number of carbonyl (C=O) groups excluding carboxylic acids is 1. The van der Waals surface area contributed by atoms with Gasteiger partial charge in [0.2, 0.25) is 5.91 Å². The van der Waals surface area contributed by atoms with Crippen molar-refractivity contribution in [3.63, 3.8) is 0 Å². The summed E-state index contributed by atoms with van der Waals surface area (Å²) in [5, 5.41) is 7.70. The summed E-state index contributed by atoms with van der Waals surface area (Å²) >= 11 is 2.83. The van der Waals surface area contributed by atoms with Crippen LogP contribution in [0.3, 0.4) is 0 Å². The number of anilines is 1. The Morgan fingerprint density at radius 2 is 2.03 bits per heavy atom. The zero-order valence-corrected chi connectivity index (χ0v) is 20.6. The summed E-state index contributed by atoms with van der Waals surface area (Å²) in [4.78, 5) is 33.3. The van der Waals surface area contributed by atoms with Crippen LogP contribution in [0.15, 0.2) is 44.8 Å². The Hall–Kier alpha value is -3.11. The summed E-state index contributed by atoms with van der Waals surface area (Å²) in [7, 11) is 1.60. The minimum absolute atomic E-state index is 0.0745. The Bertz CT molecular complexity index is 1410. The third kappa shape index (κ3) is 4.47. The molecule has 0 saturated heterocycles. The molecular weight excluding hydrogens is 472 g/mol. The molecule has 3 aromatic heterocycles. The topological polar surface area (TPSA) is 99.2 Å². The van der Waals surface area contributed by atoms with E-state index >= 15 is 0 Å². The lowest BCUT2D eigenvalue weighted by Gasteiger charge is -2.13. The van der Waals surface area contributed by atoms with E-state index in [0.717, 1.165) is 36.1 Å². The quantitative estimate of drug-likeness (QED) is 0.234. The van der Waals surface area contributed by atoms with Gasteiger partial charge in [-0.25, -0.2) is 4.98 Å². The van der Waals surface area contributed by atoms with E-state index in [1.807, 2.05) is 24.3 Å². The Kier molecular flexibility index (Phi) is 6.42. The Morgan fingerprint density at radius 3 is 2.76 bits per heavy atom. The molecule has 10 heteroatoms. The first-order valence-electron chi connectivity index (χ1n) is 11.1. The highest BCUT2D eigenvalue weighted by Gasteiger charge is 2.23. The average Bonchev–Trinajstić information content (AvgIpc) is 3.32. The van der Waals surface area contributed by atoms with E-state index in [4.69, 9.17) is 14.2 Å². The molecule has 0 atom stereocenters. The second-order valence-electron chi connectivity index (χ2n) is 8.14. The van der Waals surface area contributed by atoms with E-state index in [-0.39, 0.29) is 17.2 Å². The summed E-state index contributed by atoms with van der Waals surface area (Å²) in [6, 6.07) is 8.95. The van der Waals surface area contributed by atoms with Crippen LogP contribution in [0.5, 0.6) is 5.75 Å². The first-order chi connectivity index (χ1) is 16.5. The normalized spacial score (nSPS) is 13.5. The van der Waals surface area contributed by atoms with Crippen molar-refractivity contribution in [3.05, 3.63) is 56.9 Å². The third-order valence-electron chi connectivity index (χ3n) is 5.77. The minimum Gasteiger partial charge on any atom is -0.497 e. The zero-order chi connectivity index (χ0) is 23.7. The summed E-state index contributed by atoms with van der Waals surface area (Å²) in [5.41, 5.74) is 1.74. The number of nitrogens with one attached hydrogen (secondary N) is 1. The van der Waals surface area contributed by atoms with Crippen LogP contribution in [0.1, 0.15) is 35.5 Å². The summed E-state index contributed by atoms with van der Waals surface area (Å²) in [6.07, 6.45) is 5.28.